The second kappa shape index (κ2) is 9.68. The average molecular weight is 296 g/mol. The van der Waals surface area contributed by atoms with E-state index in [2.05, 4.69) is 12.0 Å². The van der Waals surface area contributed by atoms with E-state index in [1.807, 2.05) is 18.5 Å². The van der Waals surface area contributed by atoms with Gasteiger partial charge in [-0.05, 0) is 19.3 Å². The molecule has 1 rings (SSSR count). The number of carbonyl (C=O) groups excluding carboxylic acids is 1. The molecule has 0 radical (unpaired) electrons. The zero-order valence-corrected chi connectivity index (χ0v) is 13.8. The highest BCUT2D eigenvalue weighted by molar-refractivity contribution is 5.98. The summed E-state index contributed by atoms with van der Waals surface area (Å²) in [4.78, 5) is 12.1. The molecule has 0 unspecified atom stereocenters. The van der Waals surface area contributed by atoms with Crippen molar-refractivity contribution >= 4 is 5.78 Å². The van der Waals surface area contributed by atoms with Gasteiger partial charge in [0.2, 0.25) is 0 Å². The fourth-order valence-corrected chi connectivity index (χ4v) is 2.40. The van der Waals surface area contributed by atoms with E-state index in [4.69, 9.17) is 9.47 Å². The van der Waals surface area contributed by atoms with E-state index in [1.165, 1.54) is 0 Å². The Hall–Kier alpha value is -1.20. The smallest absolute Gasteiger partial charge is 0.166 e. The number of aryl methyl sites for hydroxylation is 2. The van der Waals surface area contributed by atoms with Crippen LogP contribution in [0.15, 0.2) is 0 Å². The van der Waals surface area contributed by atoms with Crippen LogP contribution in [0.4, 0.5) is 0 Å². The number of carbonyl (C=O) groups is 1. The van der Waals surface area contributed by atoms with Gasteiger partial charge < -0.3 is 9.47 Å². The third-order valence-electron chi connectivity index (χ3n) is 3.49. The van der Waals surface area contributed by atoms with Gasteiger partial charge in [-0.2, -0.15) is 5.10 Å². The minimum Gasteiger partial charge on any atom is -0.382 e. The Bertz CT molecular complexity index is 441. The molecular weight excluding hydrogens is 268 g/mol. The number of ketones is 1. The zero-order chi connectivity index (χ0) is 15.7. The number of rotatable bonds is 11. The fraction of sp³-hybridized carbons (Fsp3) is 0.750. The van der Waals surface area contributed by atoms with E-state index < -0.39 is 0 Å². The van der Waals surface area contributed by atoms with Crippen molar-refractivity contribution in [2.75, 3.05) is 26.9 Å². The van der Waals surface area contributed by atoms with Gasteiger partial charge in [-0.3, -0.25) is 9.48 Å². The highest BCUT2D eigenvalue weighted by atomic mass is 16.5. The molecule has 1 aromatic rings. The molecule has 0 aliphatic rings. The summed E-state index contributed by atoms with van der Waals surface area (Å²) < 4.78 is 12.4. The number of Topliss-reactive ketones (excluding diaryl/α,β-unsaturated/α-hetero) is 1. The zero-order valence-electron chi connectivity index (χ0n) is 13.8. The molecule has 0 bridgehead atoms. The number of methoxy groups -OCH3 is 1. The van der Waals surface area contributed by atoms with Crippen LogP contribution in [0, 0.1) is 0 Å². The summed E-state index contributed by atoms with van der Waals surface area (Å²) in [7, 11) is 1.67. The second-order valence-corrected chi connectivity index (χ2v) is 4.93. The van der Waals surface area contributed by atoms with Crippen LogP contribution in [0.25, 0.3) is 0 Å². The van der Waals surface area contributed by atoms with Crippen molar-refractivity contribution in [1.82, 2.24) is 9.78 Å². The lowest BCUT2D eigenvalue weighted by Crippen LogP contribution is -2.10. The Morgan fingerprint density at radius 2 is 1.90 bits per heavy atom. The first-order chi connectivity index (χ1) is 10.2. The van der Waals surface area contributed by atoms with Crippen LogP contribution in [0.3, 0.4) is 0 Å². The van der Waals surface area contributed by atoms with Gasteiger partial charge in [0.1, 0.15) is 0 Å². The van der Waals surface area contributed by atoms with Gasteiger partial charge in [-0.15, -0.1) is 0 Å². The molecule has 0 saturated heterocycles. The standard InChI is InChI=1S/C16H28N2O3/c1-5-13-16(15(19)7-3)14(6-2)18(17-13)9-8-10-21-12-11-20-4/h5-12H2,1-4H3. The first-order valence-corrected chi connectivity index (χ1v) is 7.87. The fourth-order valence-electron chi connectivity index (χ4n) is 2.40. The van der Waals surface area contributed by atoms with Gasteiger partial charge in [-0.1, -0.05) is 20.8 Å². The van der Waals surface area contributed by atoms with Crippen LogP contribution in [-0.4, -0.2) is 42.5 Å². The molecule has 21 heavy (non-hydrogen) atoms. The van der Waals surface area contributed by atoms with Gasteiger partial charge in [-0.25, -0.2) is 0 Å². The largest absolute Gasteiger partial charge is 0.382 e. The normalized spacial score (nSPS) is 11.0. The number of hydrogen-bond acceptors (Lipinski definition) is 4. The summed E-state index contributed by atoms with van der Waals surface area (Å²) in [5.74, 6) is 0.200. The molecule has 1 aromatic heterocycles. The maximum Gasteiger partial charge on any atom is 0.166 e. The summed E-state index contributed by atoms with van der Waals surface area (Å²) in [6.45, 7) is 8.75. The summed E-state index contributed by atoms with van der Waals surface area (Å²) in [6.07, 6.45) is 3.05. The number of aromatic nitrogens is 2. The molecule has 0 atom stereocenters. The van der Waals surface area contributed by atoms with Crippen molar-refractivity contribution in [3.05, 3.63) is 17.0 Å². The van der Waals surface area contributed by atoms with E-state index in [0.717, 1.165) is 42.8 Å². The molecular formula is C16H28N2O3. The third-order valence-corrected chi connectivity index (χ3v) is 3.49. The molecule has 0 aromatic carbocycles. The van der Waals surface area contributed by atoms with E-state index in [1.54, 1.807) is 7.11 Å². The Kier molecular flexibility index (Phi) is 8.23. The van der Waals surface area contributed by atoms with Crippen LogP contribution < -0.4 is 0 Å². The SMILES string of the molecule is CCC(=O)c1c(CC)nn(CCCOCCOC)c1CC. The summed E-state index contributed by atoms with van der Waals surface area (Å²) in [5, 5.41) is 4.62. The van der Waals surface area contributed by atoms with E-state index in [-0.39, 0.29) is 5.78 Å². The maximum atomic E-state index is 12.1. The van der Waals surface area contributed by atoms with Crippen LogP contribution >= 0.6 is 0 Å². The lowest BCUT2D eigenvalue weighted by Gasteiger charge is -2.08. The van der Waals surface area contributed by atoms with Gasteiger partial charge in [0.05, 0.1) is 24.5 Å². The number of ether oxygens (including phenoxy) is 2. The third kappa shape index (κ3) is 4.93. The molecule has 0 amide bonds. The molecule has 1 heterocycles. The van der Waals surface area contributed by atoms with Crippen LogP contribution in [0.1, 0.15) is 55.4 Å². The topological polar surface area (TPSA) is 53.4 Å². The Balaban J connectivity index is 2.69. The predicted molar refractivity (Wildman–Crippen MR) is 82.9 cm³/mol. The maximum absolute atomic E-state index is 12.1. The predicted octanol–water partition coefficient (Wildman–Crippen LogP) is 2.65. The Morgan fingerprint density at radius 1 is 1.14 bits per heavy atom. The van der Waals surface area contributed by atoms with Crippen molar-refractivity contribution in [2.45, 2.75) is 53.0 Å². The van der Waals surface area contributed by atoms with Crippen LogP contribution in [-0.2, 0) is 28.9 Å². The molecule has 0 fully saturated rings. The molecule has 5 heteroatoms. The van der Waals surface area contributed by atoms with Crippen molar-refractivity contribution in [1.29, 1.82) is 0 Å². The Morgan fingerprint density at radius 3 is 2.48 bits per heavy atom. The highest BCUT2D eigenvalue weighted by Crippen LogP contribution is 2.18. The van der Waals surface area contributed by atoms with Crippen LogP contribution in [0.5, 0.6) is 0 Å². The van der Waals surface area contributed by atoms with Gasteiger partial charge in [0.15, 0.2) is 5.78 Å². The first kappa shape index (κ1) is 17.9. The quantitative estimate of drug-likeness (QED) is 0.465. The van der Waals surface area contributed by atoms with Gasteiger partial charge >= 0.3 is 0 Å². The first-order valence-electron chi connectivity index (χ1n) is 7.87. The van der Waals surface area contributed by atoms with Crippen LogP contribution in [0.2, 0.25) is 0 Å². The summed E-state index contributed by atoms with van der Waals surface area (Å²) >= 11 is 0. The van der Waals surface area contributed by atoms with Crippen molar-refractivity contribution in [2.24, 2.45) is 0 Å². The molecule has 0 aliphatic heterocycles. The van der Waals surface area contributed by atoms with Crippen molar-refractivity contribution < 1.29 is 14.3 Å². The summed E-state index contributed by atoms with van der Waals surface area (Å²) in [5.41, 5.74) is 2.84. The Labute approximate surface area is 127 Å². The molecule has 5 nitrogen and oxygen atoms in total. The monoisotopic (exact) mass is 296 g/mol. The van der Waals surface area contributed by atoms with Crippen molar-refractivity contribution in [3.63, 3.8) is 0 Å². The van der Waals surface area contributed by atoms with E-state index in [9.17, 15) is 4.79 Å². The lowest BCUT2D eigenvalue weighted by molar-refractivity contribution is 0.0676. The molecule has 120 valence electrons. The molecule has 0 N–H and O–H groups in total. The van der Waals surface area contributed by atoms with E-state index >= 15 is 0 Å². The highest BCUT2D eigenvalue weighted by Gasteiger charge is 2.20. The number of nitrogens with zero attached hydrogens (tertiary/aromatic N) is 2. The van der Waals surface area contributed by atoms with Gasteiger partial charge in [0.25, 0.3) is 0 Å². The van der Waals surface area contributed by atoms with Gasteiger partial charge in [0, 0.05) is 32.4 Å². The van der Waals surface area contributed by atoms with E-state index in [0.29, 0.717) is 26.2 Å². The minimum absolute atomic E-state index is 0.200. The lowest BCUT2D eigenvalue weighted by atomic mass is 10.0. The average Bonchev–Trinajstić information content (AvgIpc) is 2.87. The second-order valence-electron chi connectivity index (χ2n) is 4.93. The molecule has 0 spiro atoms. The summed E-state index contributed by atoms with van der Waals surface area (Å²) in [6, 6.07) is 0. The minimum atomic E-state index is 0.200. The number of hydrogen-bond donors (Lipinski definition) is 0. The molecule has 0 saturated carbocycles. The molecule has 0 aliphatic carbocycles. The van der Waals surface area contributed by atoms with Crippen molar-refractivity contribution in [3.8, 4) is 0 Å².